The summed E-state index contributed by atoms with van der Waals surface area (Å²) in [5.74, 6) is 0.616. The van der Waals surface area contributed by atoms with Gasteiger partial charge in [-0.25, -0.2) is 4.98 Å². The quantitative estimate of drug-likeness (QED) is 0.377. The van der Waals surface area contributed by atoms with Crippen LogP contribution >= 0.6 is 11.6 Å². The van der Waals surface area contributed by atoms with Crippen LogP contribution in [0.4, 0.5) is 0 Å². The smallest absolute Gasteiger partial charge is 0.185 e. The molecule has 0 radical (unpaired) electrons. The number of carbonyl (C=O) groups excluding carboxylic acids is 1. The second kappa shape index (κ2) is 6.85. The highest BCUT2D eigenvalue weighted by molar-refractivity contribution is 6.31. The lowest BCUT2D eigenvalue weighted by molar-refractivity contribution is 0.104. The van der Waals surface area contributed by atoms with E-state index in [1.165, 1.54) is 6.08 Å². The molecule has 0 spiro atoms. The van der Waals surface area contributed by atoms with Crippen molar-refractivity contribution in [3.63, 3.8) is 0 Å². The Labute approximate surface area is 145 Å². The van der Waals surface area contributed by atoms with Crippen LogP contribution in [0.15, 0.2) is 54.6 Å². The molecule has 4 heteroatoms. The van der Waals surface area contributed by atoms with Gasteiger partial charge < -0.3 is 4.74 Å². The molecular formula is C20H16ClNO2. The lowest BCUT2D eigenvalue weighted by Gasteiger charge is -2.04. The number of methoxy groups -OCH3 is 1. The fourth-order valence-corrected chi connectivity index (χ4v) is 2.68. The van der Waals surface area contributed by atoms with E-state index in [1.54, 1.807) is 37.5 Å². The first-order valence-corrected chi connectivity index (χ1v) is 7.88. The lowest BCUT2D eigenvalue weighted by atomic mass is 10.1. The monoisotopic (exact) mass is 337 g/mol. The highest BCUT2D eigenvalue weighted by atomic mass is 35.5. The number of hydrogen-bond donors (Lipinski definition) is 0. The van der Waals surface area contributed by atoms with E-state index in [0.29, 0.717) is 16.5 Å². The molecule has 0 fully saturated rings. The maximum absolute atomic E-state index is 12.3. The molecule has 3 aromatic rings. The molecule has 0 unspecified atom stereocenters. The SMILES string of the molecule is COc1ccc(C(=O)/C=C/c2cc3cccc(C)c3nc2Cl)cc1. The Morgan fingerprint density at radius 1 is 1.17 bits per heavy atom. The van der Waals surface area contributed by atoms with Crippen molar-refractivity contribution in [3.8, 4) is 5.75 Å². The summed E-state index contributed by atoms with van der Waals surface area (Å²) in [4.78, 5) is 16.7. The van der Waals surface area contributed by atoms with Crippen molar-refractivity contribution in [2.75, 3.05) is 7.11 Å². The number of rotatable bonds is 4. The topological polar surface area (TPSA) is 39.2 Å². The molecule has 0 N–H and O–H groups in total. The van der Waals surface area contributed by atoms with E-state index in [4.69, 9.17) is 16.3 Å². The number of aromatic nitrogens is 1. The number of pyridine rings is 1. The third-order valence-corrected chi connectivity index (χ3v) is 4.12. The summed E-state index contributed by atoms with van der Waals surface area (Å²) in [6.07, 6.45) is 3.20. The fraction of sp³-hybridized carbons (Fsp3) is 0.100. The molecule has 3 nitrogen and oxygen atoms in total. The van der Waals surface area contributed by atoms with Crippen LogP contribution in [0.5, 0.6) is 5.75 Å². The lowest BCUT2D eigenvalue weighted by Crippen LogP contribution is -1.94. The van der Waals surface area contributed by atoms with Gasteiger partial charge >= 0.3 is 0 Å². The molecule has 0 atom stereocenters. The van der Waals surface area contributed by atoms with Crippen LogP contribution in [0, 0.1) is 6.92 Å². The fourth-order valence-electron chi connectivity index (χ4n) is 2.47. The Bertz CT molecular complexity index is 930. The van der Waals surface area contributed by atoms with Gasteiger partial charge in [-0.1, -0.05) is 29.8 Å². The zero-order valence-electron chi connectivity index (χ0n) is 13.4. The average molecular weight is 338 g/mol. The predicted molar refractivity (Wildman–Crippen MR) is 97.8 cm³/mol. The molecule has 24 heavy (non-hydrogen) atoms. The van der Waals surface area contributed by atoms with E-state index in [-0.39, 0.29) is 5.78 Å². The number of ketones is 1. The van der Waals surface area contributed by atoms with Crippen LogP contribution in [0.25, 0.3) is 17.0 Å². The number of ether oxygens (including phenoxy) is 1. The van der Waals surface area contributed by atoms with Crippen molar-refractivity contribution in [2.45, 2.75) is 6.92 Å². The maximum atomic E-state index is 12.3. The van der Waals surface area contributed by atoms with E-state index in [1.807, 2.05) is 31.2 Å². The van der Waals surface area contributed by atoms with E-state index >= 15 is 0 Å². The van der Waals surface area contributed by atoms with E-state index < -0.39 is 0 Å². The molecule has 0 saturated carbocycles. The number of aryl methyl sites for hydroxylation is 1. The zero-order valence-corrected chi connectivity index (χ0v) is 14.2. The number of allylic oxidation sites excluding steroid dienone is 1. The molecule has 120 valence electrons. The third kappa shape index (κ3) is 3.31. The van der Waals surface area contributed by atoms with E-state index in [0.717, 1.165) is 22.0 Å². The normalized spacial score (nSPS) is 11.1. The van der Waals surface area contributed by atoms with Crippen molar-refractivity contribution in [3.05, 3.63) is 76.5 Å². The molecule has 0 amide bonds. The summed E-state index contributed by atoms with van der Waals surface area (Å²) in [5.41, 5.74) is 3.25. The number of halogens is 1. The van der Waals surface area contributed by atoms with E-state index in [2.05, 4.69) is 4.98 Å². The molecule has 2 aromatic carbocycles. The third-order valence-electron chi connectivity index (χ3n) is 3.82. The summed E-state index contributed by atoms with van der Waals surface area (Å²) in [7, 11) is 1.59. The summed E-state index contributed by atoms with van der Waals surface area (Å²) in [6.45, 7) is 1.99. The molecular weight excluding hydrogens is 322 g/mol. The minimum absolute atomic E-state index is 0.0990. The number of hydrogen-bond acceptors (Lipinski definition) is 3. The van der Waals surface area contributed by atoms with Gasteiger partial charge in [0.05, 0.1) is 12.6 Å². The van der Waals surface area contributed by atoms with Crippen molar-refractivity contribution in [1.82, 2.24) is 4.98 Å². The van der Waals surface area contributed by atoms with Crippen LogP contribution in [0.2, 0.25) is 5.15 Å². The Hall–Kier alpha value is -2.65. The van der Waals surface area contributed by atoms with Gasteiger partial charge in [0.2, 0.25) is 0 Å². The van der Waals surface area contributed by atoms with Crippen LogP contribution in [0.3, 0.4) is 0 Å². The summed E-state index contributed by atoms with van der Waals surface area (Å²) >= 11 is 6.25. The minimum atomic E-state index is -0.0990. The van der Waals surface area contributed by atoms with E-state index in [9.17, 15) is 4.79 Å². The molecule has 1 aromatic heterocycles. The second-order valence-electron chi connectivity index (χ2n) is 5.44. The van der Waals surface area contributed by atoms with Gasteiger partial charge in [0.1, 0.15) is 10.9 Å². The van der Waals surface area contributed by atoms with Crippen molar-refractivity contribution in [2.24, 2.45) is 0 Å². The Kier molecular flexibility index (Phi) is 4.63. The van der Waals surface area contributed by atoms with Crippen molar-refractivity contribution in [1.29, 1.82) is 0 Å². The number of nitrogens with zero attached hydrogens (tertiary/aromatic N) is 1. The van der Waals surface area contributed by atoms with Crippen LogP contribution in [-0.2, 0) is 0 Å². The Balaban J connectivity index is 1.89. The molecule has 0 aliphatic rings. The number of benzene rings is 2. The summed E-state index contributed by atoms with van der Waals surface area (Å²) in [6, 6.07) is 14.9. The average Bonchev–Trinajstić information content (AvgIpc) is 2.60. The van der Waals surface area contributed by atoms with Crippen molar-refractivity contribution < 1.29 is 9.53 Å². The van der Waals surface area contributed by atoms with Crippen LogP contribution in [-0.4, -0.2) is 17.9 Å². The summed E-state index contributed by atoms with van der Waals surface area (Å²) in [5, 5.41) is 1.38. The minimum Gasteiger partial charge on any atom is -0.497 e. The Morgan fingerprint density at radius 3 is 2.62 bits per heavy atom. The first-order valence-electron chi connectivity index (χ1n) is 7.51. The summed E-state index contributed by atoms with van der Waals surface area (Å²) < 4.78 is 5.09. The number of fused-ring (bicyclic) bond motifs is 1. The molecule has 0 aliphatic carbocycles. The molecule has 0 saturated heterocycles. The van der Waals surface area contributed by atoms with Gasteiger partial charge in [-0.3, -0.25) is 4.79 Å². The second-order valence-corrected chi connectivity index (χ2v) is 5.80. The Morgan fingerprint density at radius 2 is 1.92 bits per heavy atom. The zero-order chi connectivity index (χ0) is 17.1. The molecule has 0 aliphatic heterocycles. The first-order chi connectivity index (χ1) is 11.6. The number of para-hydroxylation sites is 1. The largest absolute Gasteiger partial charge is 0.497 e. The molecule has 0 bridgehead atoms. The van der Waals surface area contributed by atoms with Crippen LogP contribution in [0.1, 0.15) is 21.5 Å². The maximum Gasteiger partial charge on any atom is 0.185 e. The first kappa shape index (κ1) is 16.2. The highest BCUT2D eigenvalue weighted by Crippen LogP contribution is 2.24. The molecule has 3 rings (SSSR count). The van der Waals surface area contributed by atoms with Gasteiger partial charge in [-0.05, 0) is 55.0 Å². The van der Waals surface area contributed by atoms with Gasteiger partial charge in [-0.2, -0.15) is 0 Å². The van der Waals surface area contributed by atoms with Crippen LogP contribution < -0.4 is 4.74 Å². The molecule has 1 heterocycles. The standard InChI is InChI=1S/C20H16ClNO2/c1-13-4-3-5-15-12-16(20(21)22-19(13)15)8-11-18(23)14-6-9-17(24-2)10-7-14/h3-12H,1-2H3/b11-8+. The van der Waals surface area contributed by atoms with Crippen molar-refractivity contribution >= 4 is 34.4 Å². The number of carbonyl (C=O) groups is 1. The van der Waals surface area contributed by atoms with Gasteiger partial charge in [0.15, 0.2) is 5.78 Å². The highest BCUT2D eigenvalue weighted by Gasteiger charge is 2.06. The van der Waals surface area contributed by atoms with Gasteiger partial charge in [0.25, 0.3) is 0 Å². The van der Waals surface area contributed by atoms with Gasteiger partial charge in [-0.15, -0.1) is 0 Å². The van der Waals surface area contributed by atoms with Gasteiger partial charge in [0, 0.05) is 16.5 Å². The predicted octanol–water partition coefficient (Wildman–Crippen LogP) is 5.10.